The van der Waals surface area contributed by atoms with Crippen molar-refractivity contribution in [2.45, 2.75) is 11.4 Å². The summed E-state index contributed by atoms with van der Waals surface area (Å²) in [6.07, 6.45) is 2.81. The lowest BCUT2D eigenvalue weighted by Crippen LogP contribution is -2.00. The van der Waals surface area contributed by atoms with Crippen molar-refractivity contribution in [3.63, 3.8) is 0 Å². The predicted octanol–water partition coefficient (Wildman–Crippen LogP) is 2.30. The Labute approximate surface area is 100 Å². The molecule has 2 rings (SSSR count). The van der Waals surface area contributed by atoms with Crippen LogP contribution in [-0.4, -0.2) is 14.7 Å². The number of sulfone groups is 1. The third-order valence-corrected chi connectivity index (χ3v) is 3.46. The Morgan fingerprint density at radius 2 is 1.88 bits per heavy atom. The van der Waals surface area contributed by atoms with Gasteiger partial charge in [0, 0.05) is 11.9 Å². The quantitative estimate of drug-likeness (QED) is 0.905. The Balaban J connectivity index is 2.04. The van der Waals surface area contributed by atoms with E-state index in [0.29, 0.717) is 11.4 Å². The molecule has 1 aromatic carbocycles. The van der Waals surface area contributed by atoms with Gasteiger partial charge in [0.25, 0.3) is 0 Å². The van der Waals surface area contributed by atoms with E-state index in [1.807, 2.05) is 12.1 Å². The molecule has 0 atom stereocenters. The molecule has 4 nitrogen and oxygen atoms in total. The van der Waals surface area contributed by atoms with Crippen LogP contribution in [0.4, 0.5) is 5.69 Å². The summed E-state index contributed by atoms with van der Waals surface area (Å²) in [7, 11) is -3.12. The summed E-state index contributed by atoms with van der Waals surface area (Å²) >= 11 is 0. The highest BCUT2D eigenvalue weighted by molar-refractivity contribution is 7.90. The molecule has 0 saturated carbocycles. The van der Waals surface area contributed by atoms with Crippen molar-refractivity contribution in [2.24, 2.45) is 0 Å². The predicted molar refractivity (Wildman–Crippen MR) is 65.6 cm³/mol. The van der Waals surface area contributed by atoms with Crippen LogP contribution < -0.4 is 5.32 Å². The summed E-state index contributed by atoms with van der Waals surface area (Å²) in [6.45, 7) is 0.575. The summed E-state index contributed by atoms with van der Waals surface area (Å²) in [5.41, 5.74) is 0.855. The molecule has 5 heteroatoms. The monoisotopic (exact) mass is 251 g/mol. The van der Waals surface area contributed by atoms with Crippen LogP contribution in [0.5, 0.6) is 0 Å². The standard InChI is InChI=1S/C12H13NO3S/c1-17(14,15)12-6-4-10(5-7-12)13-9-11-3-2-8-16-11/h2-8,13H,9H2,1H3. The summed E-state index contributed by atoms with van der Waals surface area (Å²) < 4.78 is 27.7. The van der Waals surface area contributed by atoms with Crippen molar-refractivity contribution in [1.82, 2.24) is 0 Å². The van der Waals surface area contributed by atoms with Crippen LogP contribution in [0, 0.1) is 0 Å². The molecule has 1 N–H and O–H groups in total. The SMILES string of the molecule is CS(=O)(=O)c1ccc(NCc2ccco2)cc1. The summed E-state index contributed by atoms with van der Waals surface area (Å²) in [4.78, 5) is 0.320. The van der Waals surface area contributed by atoms with E-state index < -0.39 is 9.84 Å². The van der Waals surface area contributed by atoms with Gasteiger partial charge in [0.05, 0.1) is 17.7 Å². The highest BCUT2D eigenvalue weighted by atomic mass is 32.2. The zero-order valence-corrected chi connectivity index (χ0v) is 10.2. The van der Waals surface area contributed by atoms with Crippen LogP contribution >= 0.6 is 0 Å². The molecular weight excluding hydrogens is 238 g/mol. The average molecular weight is 251 g/mol. The van der Waals surface area contributed by atoms with Crippen LogP contribution in [0.3, 0.4) is 0 Å². The smallest absolute Gasteiger partial charge is 0.175 e. The van der Waals surface area contributed by atoms with Gasteiger partial charge in [-0.1, -0.05) is 0 Å². The molecule has 17 heavy (non-hydrogen) atoms. The summed E-state index contributed by atoms with van der Waals surface area (Å²) in [6, 6.07) is 10.3. The number of hydrogen-bond acceptors (Lipinski definition) is 4. The minimum absolute atomic E-state index is 0.320. The number of furan rings is 1. The Kier molecular flexibility index (Phi) is 3.19. The second kappa shape index (κ2) is 4.63. The van der Waals surface area contributed by atoms with Crippen molar-refractivity contribution < 1.29 is 12.8 Å². The molecule has 90 valence electrons. The van der Waals surface area contributed by atoms with Gasteiger partial charge >= 0.3 is 0 Å². The number of anilines is 1. The summed E-state index contributed by atoms with van der Waals surface area (Å²) in [5.74, 6) is 0.831. The number of rotatable bonds is 4. The first-order valence-corrected chi connectivity index (χ1v) is 7.01. The van der Waals surface area contributed by atoms with Crippen LogP contribution in [0.25, 0.3) is 0 Å². The Morgan fingerprint density at radius 3 is 2.41 bits per heavy atom. The number of hydrogen-bond donors (Lipinski definition) is 1. The van der Waals surface area contributed by atoms with Crippen LogP contribution in [0.1, 0.15) is 5.76 Å². The normalized spacial score (nSPS) is 11.4. The zero-order valence-electron chi connectivity index (χ0n) is 9.38. The number of nitrogens with one attached hydrogen (secondary N) is 1. The van der Waals surface area contributed by atoms with E-state index in [4.69, 9.17) is 4.42 Å². The average Bonchev–Trinajstić information content (AvgIpc) is 2.78. The number of benzene rings is 1. The van der Waals surface area contributed by atoms with Gasteiger partial charge in [0.2, 0.25) is 0 Å². The third-order valence-electron chi connectivity index (χ3n) is 2.33. The molecule has 0 unspecified atom stereocenters. The van der Waals surface area contributed by atoms with E-state index in [1.165, 1.54) is 6.26 Å². The van der Waals surface area contributed by atoms with Gasteiger partial charge in [-0.2, -0.15) is 0 Å². The molecule has 0 amide bonds. The lowest BCUT2D eigenvalue weighted by molar-refractivity contribution is 0.518. The molecule has 1 aromatic heterocycles. The van der Waals surface area contributed by atoms with Gasteiger partial charge in [0.1, 0.15) is 5.76 Å². The lowest BCUT2D eigenvalue weighted by atomic mass is 10.3. The fraction of sp³-hybridized carbons (Fsp3) is 0.167. The van der Waals surface area contributed by atoms with Crippen molar-refractivity contribution in [2.75, 3.05) is 11.6 Å². The molecule has 0 radical (unpaired) electrons. The summed E-state index contributed by atoms with van der Waals surface area (Å²) in [5, 5.41) is 3.14. The van der Waals surface area contributed by atoms with Gasteiger partial charge < -0.3 is 9.73 Å². The fourth-order valence-corrected chi connectivity index (χ4v) is 2.05. The minimum atomic E-state index is -3.12. The van der Waals surface area contributed by atoms with Crippen LogP contribution in [-0.2, 0) is 16.4 Å². The van der Waals surface area contributed by atoms with Crippen molar-refractivity contribution >= 4 is 15.5 Å². The molecule has 0 aliphatic carbocycles. The second-order valence-corrected chi connectivity index (χ2v) is 5.75. The Hall–Kier alpha value is -1.75. The Bertz CT molecular complexity index is 571. The second-order valence-electron chi connectivity index (χ2n) is 3.73. The van der Waals surface area contributed by atoms with E-state index in [0.717, 1.165) is 11.4 Å². The maximum atomic E-state index is 11.3. The zero-order chi connectivity index (χ0) is 12.3. The third kappa shape index (κ3) is 3.10. The van der Waals surface area contributed by atoms with Gasteiger partial charge in [-0.3, -0.25) is 0 Å². The molecule has 0 saturated heterocycles. The van der Waals surface area contributed by atoms with Gasteiger partial charge in [-0.15, -0.1) is 0 Å². The van der Waals surface area contributed by atoms with E-state index in [1.54, 1.807) is 30.5 Å². The van der Waals surface area contributed by atoms with Crippen molar-refractivity contribution in [1.29, 1.82) is 0 Å². The van der Waals surface area contributed by atoms with Gasteiger partial charge in [0.15, 0.2) is 9.84 Å². The first kappa shape index (κ1) is 11.7. The molecule has 0 aliphatic rings. The molecule has 1 heterocycles. The van der Waals surface area contributed by atoms with Crippen molar-refractivity contribution in [3.8, 4) is 0 Å². The highest BCUT2D eigenvalue weighted by Crippen LogP contribution is 2.14. The van der Waals surface area contributed by atoms with Gasteiger partial charge in [-0.05, 0) is 36.4 Å². The van der Waals surface area contributed by atoms with Crippen LogP contribution in [0.15, 0.2) is 52.0 Å². The van der Waals surface area contributed by atoms with E-state index in [-0.39, 0.29) is 0 Å². The first-order chi connectivity index (χ1) is 8.05. The maximum Gasteiger partial charge on any atom is 0.175 e. The molecular formula is C12H13NO3S. The van der Waals surface area contributed by atoms with Crippen LogP contribution in [0.2, 0.25) is 0 Å². The fourth-order valence-electron chi connectivity index (χ4n) is 1.42. The molecule has 0 aliphatic heterocycles. The topological polar surface area (TPSA) is 59.3 Å². The molecule has 0 fully saturated rings. The Morgan fingerprint density at radius 1 is 1.18 bits per heavy atom. The van der Waals surface area contributed by atoms with Crippen molar-refractivity contribution in [3.05, 3.63) is 48.4 Å². The molecule has 0 spiro atoms. The first-order valence-electron chi connectivity index (χ1n) is 5.12. The highest BCUT2D eigenvalue weighted by Gasteiger charge is 2.05. The lowest BCUT2D eigenvalue weighted by Gasteiger charge is -2.05. The molecule has 2 aromatic rings. The largest absolute Gasteiger partial charge is 0.467 e. The van der Waals surface area contributed by atoms with E-state index in [9.17, 15) is 8.42 Å². The van der Waals surface area contributed by atoms with Gasteiger partial charge in [-0.25, -0.2) is 8.42 Å². The minimum Gasteiger partial charge on any atom is -0.467 e. The van der Waals surface area contributed by atoms with E-state index >= 15 is 0 Å². The van der Waals surface area contributed by atoms with E-state index in [2.05, 4.69) is 5.32 Å². The molecule has 0 bridgehead atoms. The maximum absolute atomic E-state index is 11.3.